The number of carbonyl (C=O) groups is 1. The van der Waals surface area contributed by atoms with Crippen molar-refractivity contribution in [1.82, 2.24) is 24.5 Å². The van der Waals surface area contributed by atoms with E-state index in [9.17, 15) is 15.0 Å². The normalized spacial score (nSPS) is 13.9. The molecule has 2 N–H and O–H groups in total. The van der Waals surface area contributed by atoms with E-state index in [1.165, 1.54) is 0 Å². The van der Waals surface area contributed by atoms with E-state index in [4.69, 9.17) is 9.97 Å². The van der Waals surface area contributed by atoms with Gasteiger partial charge < -0.3 is 24.9 Å². The molecule has 0 saturated carbocycles. The first-order valence-electron chi connectivity index (χ1n) is 10.9. The van der Waals surface area contributed by atoms with Gasteiger partial charge in [-0.25, -0.2) is 4.98 Å². The summed E-state index contributed by atoms with van der Waals surface area (Å²) in [5.74, 6) is 0.289. The van der Waals surface area contributed by atoms with E-state index in [-0.39, 0.29) is 12.3 Å². The molecule has 11 heteroatoms. The van der Waals surface area contributed by atoms with Gasteiger partial charge in [0.25, 0.3) is 0 Å². The van der Waals surface area contributed by atoms with E-state index in [0.29, 0.717) is 36.0 Å². The van der Waals surface area contributed by atoms with Gasteiger partial charge in [0, 0.05) is 51.3 Å². The summed E-state index contributed by atoms with van der Waals surface area (Å²) >= 11 is 0. The molecular weight excluding hydrogens is 436 g/mol. The van der Waals surface area contributed by atoms with Crippen molar-refractivity contribution in [2.75, 3.05) is 54.5 Å². The highest BCUT2D eigenvalue weighted by Crippen LogP contribution is 2.28. The first-order valence-corrected chi connectivity index (χ1v) is 10.9. The molecule has 4 heterocycles. The molecular formula is C23H24N8O3. The third-order valence-electron chi connectivity index (χ3n) is 5.82. The molecule has 0 unspecified atom stereocenters. The number of phenolic OH excluding ortho intramolecular Hbond substituents is 1. The van der Waals surface area contributed by atoms with Gasteiger partial charge in [0.15, 0.2) is 17.0 Å². The Kier molecular flexibility index (Phi) is 5.58. The van der Waals surface area contributed by atoms with Crippen LogP contribution in [0, 0.1) is 0 Å². The third-order valence-corrected chi connectivity index (χ3v) is 5.82. The maximum absolute atomic E-state index is 11.4. The molecule has 0 radical (unpaired) electrons. The van der Waals surface area contributed by atoms with Gasteiger partial charge >= 0.3 is 5.97 Å². The van der Waals surface area contributed by atoms with Crippen molar-refractivity contribution in [3.8, 4) is 11.4 Å². The van der Waals surface area contributed by atoms with Crippen molar-refractivity contribution in [1.29, 1.82) is 0 Å². The number of imidazole rings is 1. The minimum atomic E-state index is -0.952. The van der Waals surface area contributed by atoms with E-state index < -0.39 is 5.97 Å². The smallest absolute Gasteiger partial charge is 0.323 e. The van der Waals surface area contributed by atoms with Crippen molar-refractivity contribution >= 4 is 34.6 Å². The fourth-order valence-electron chi connectivity index (χ4n) is 4.08. The van der Waals surface area contributed by atoms with Gasteiger partial charge in [-0.2, -0.15) is 9.97 Å². The number of piperazine rings is 1. The van der Waals surface area contributed by atoms with Crippen molar-refractivity contribution in [3.63, 3.8) is 0 Å². The molecule has 0 aliphatic carbocycles. The Morgan fingerprint density at radius 3 is 2.32 bits per heavy atom. The summed E-state index contributed by atoms with van der Waals surface area (Å²) in [6.07, 6.45) is 5.06. The molecule has 1 aliphatic heterocycles. The number of hydrogen-bond acceptors (Lipinski definition) is 9. The number of rotatable bonds is 6. The van der Waals surface area contributed by atoms with Crippen LogP contribution in [0.1, 0.15) is 0 Å². The highest BCUT2D eigenvalue weighted by atomic mass is 16.4. The van der Waals surface area contributed by atoms with Crippen LogP contribution in [0.2, 0.25) is 0 Å². The topological polar surface area (TPSA) is 124 Å². The van der Waals surface area contributed by atoms with Crippen LogP contribution in [-0.4, -0.2) is 80.5 Å². The molecule has 0 amide bonds. The molecule has 0 atom stereocenters. The number of aromatic nitrogens is 5. The number of benzene rings is 1. The molecule has 34 heavy (non-hydrogen) atoms. The van der Waals surface area contributed by atoms with Crippen LogP contribution in [0.15, 0.2) is 55.1 Å². The predicted octanol–water partition coefficient (Wildman–Crippen LogP) is 1.76. The second-order valence-electron chi connectivity index (χ2n) is 8.08. The number of fused-ring (bicyclic) bond motifs is 1. The number of pyridine rings is 1. The molecule has 174 valence electrons. The molecule has 5 rings (SSSR count). The standard InChI is InChI=1S/C23H24N8O3/c1-28(14-19(33)34)21-20-22(31(15-25-20)17-6-8-24-9-7-17)27-23(26-21)30-12-10-29(11-13-30)16-2-4-18(32)5-3-16/h2-9,15,32H,10-14H2,1H3,(H,33,34). The molecule has 11 nitrogen and oxygen atoms in total. The molecule has 4 aromatic rings. The SMILES string of the molecule is CN(CC(=O)O)c1nc(N2CCN(c3ccc(O)cc3)CC2)nc2c1ncn2-c1ccncc1. The van der Waals surface area contributed by atoms with E-state index in [2.05, 4.69) is 19.8 Å². The van der Waals surface area contributed by atoms with Gasteiger partial charge in [-0.05, 0) is 36.4 Å². The lowest BCUT2D eigenvalue weighted by molar-refractivity contribution is -0.135. The Bertz CT molecular complexity index is 1300. The van der Waals surface area contributed by atoms with Crippen molar-refractivity contribution < 1.29 is 15.0 Å². The molecule has 0 spiro atoms. The maximum atomic E-state index is 11.4. The van der Waals surface area contributed by atoms with Crippen molar-refractivity contribution in [2.45, 2.75) is 0 Å². The molecule has 0 bridgehead atoms. The Hall–Kier alpha value is -4.41. The number of aliphatic carboxylic acids is 1. The van der Waals surface area contributed by atoms with E-state index >= 15 is 0 Å². The Balaban J connectivity index is 1.49. The number of hydrogen-bond donors (Lipinski definition) is 2. The van der Waals surface area contributed by atoms with Gasteiger partial charge in [0.1, 0.15) is 18.6 Å². The fourth-order valence-corrected chi connectivity index (χ4v) is 4.08. The van der Waals surface area contributed by atoms with Crippen LogP contribution in [0.3, 0.4) is 0 Å². The number of carboxylic acid groups (broad SMARTS) is 1. The van der Waals surface area contributed by atoms with Gasteiger partial charge in [-0.1, -0.05) is 0 Å². The summed E-state index contributed by atoms with van der Waals surface area (Å²) < 4.78 is 1.85. The highest BCUT2D eigenvalue weighted by Gasteiger charge is 2.24. The van der Waals surface area contributed by atoms with Crippen LogP contribution in [-0.2, 0) is 4.79 Å². The monoisotopic (exact) mass is 460 g/mol. The maximum Gasteiger partial charge on any atom is 0.323 e. The average Bonchev–Trinajstić information content (AvgIpc) is 3.28. The number of aromatic hydroxyl groups is 1. The highest BCUT2D eigenvalue weighted by molar-refractivity contribution is 5.87. The Morgan fingerprint density at radius 2 is 1.65 bits per heavy atom. The molecule has 1 fully saturated rings. The second kappa shape index (κ2) is 8.85. The van der Waals surface area contributed by atoms with E-state index in [1.54, 1.807) is 42.8 Å². The Morgan fingerprint density at radius 1 is 0.971 bits per heavy atom. The van der Waals surface area contributed by atoms with Crippen molar-refractivity contribution in [3.05, 3.63) is 55.1 Å². The first kappa shape index (κ1) is 21.4. The van der Waals surface area contributed by atoms with E-state index in [1.807, 2.05) is 28.8 Å². The molecule has 3 aromatic heterocycles. The molecule has 1 saturated heterocycles. The minimum Gasteiger partial charge on any atom is -0.508 e. The summed E-state index contributed by atoms with van der Waals surface area (Å²) in [5.41, 5.74) is 3.04. The van der Waals surface area contributed by atoms with Crippen LogP contribution in [0.4, 0.5) is 17.5 Å². The second-order valence-corrected chi connectivity index (χ2v) is 8.08. The number of phenols is 1. The summed E-state index contributed by atoms with van der Waals surface area (Å²) in [6.45, 7) is 2.70. The minimum absolute atomic E-state index is 0.206. The zero-order valence-corrected chi connectivity index (χ0v) is 18.6. The number of likely N-dealkylation sites (N-methyl/N-ethyl adjacent to an activating group) is 1. The third kappa shape index (κ3) is 4.15. The number of nitrogens with zero attached hydrogens (tertiary/aromatic N) is 8. The van der Waals surface area contributed by atoms with Crippen LogP contribution in [0.25, 0.3) is 16.9 Å². The van der Waals surface area contributed by atoms with Crippen LogP contribution < -0.4 is 14.7 Å². The fraction of sp³-hybridized carbons (Fsp3) is 0.261. The zero-order valence-electron chi connectivity index (χ0n) is 18.6. The quantitative estimate of drug-likeness (QED) is 0.440. The first-order chi connectivity index (χ1) is 16.5. The van der Waals surface area contributed by atoms with Gasteiger partial charge in [-0.15, -0.1) is 0 Å². The summed E-state index contributed by atoms with van der Waals surface area (Å²) in [6, 6.07) is 10.9. The lowest BCUT2D eigenvalue weighted by atomic mass is 10.2. The van der Waals surface area contributed by atoms with Gasteiger partial charge in [-0.3, -0.25) is 14.3 Å². The lowest BCUT2D eigenvalue weighted by Crippen LogP contribution is -2.47. The van der Waals surface area contributed by atoms with Crippen LogP contribution >= 0.6 is 0 Å². The average molecular weight is 460 g/mol. The number of carboxylic acids is 1. The van der Waals surface area contributed by atoms with Gasteiger partial charge in [0.05, 0.1) is 5.69 Å². The molecule has 1 aliphatic rings. The van der Waals surface area contributed by atoms with E-state index in [0.717, 1.165) is 24.5 Å². The zero-order chi connectivity index (χ0) is 23.7. The van der Waals surface area contributed by atoms with Crippen molar-refractivity contribution in [2.24, 2.45) is 0 Å². The largest absolute Gasteiger partial charge is 0.508 e. The predicted molar refractivity (Wildman–Crippen MR) is 128 cm³/mol. The number of anilines is 3. The summed E-state index contributed by atoms with van der Waals surface area (Å²) in [5, 5.41) is 18.9. The molecule has 1 aromatic carbocycles. The van der Waals surface area contributed by atoms with Gasteiger partial charge in [0.2, 0.25) is 5.95 Å². The summed E-state index contributed by atoms with van der Waals surface area (Å²) in [7, 11) is 1.69. The summed E-state index contributed by atoms with van der Waals surface area (Å²) in [4.78, 5) is 35.4. The lowest BCUT2D eigenvalue weighted by Gasteiger charge is -2.36. The Labute approximate surface area is 195 Å². The van der Waals surface area contributed by atoms with Crippen LogP contribution in [0.5, 0.6) is 5.75 Å².